The minimum absolute atomic E-state index is 0.0359. The highest BCUT2D eigenvalue weighted by Crippen LogP contribution is 2.17. The lowest BCUT2D eigenvalue weighted by Gasteiger charge is -2.10. The third-order valence-electron chi connectivity index (χ3n) is 2.71. The van der Waals surface area contributed by atoms with Crippen molar-refractivity contribution < 1.29 is 19.6 Å². The molecule has 1 rings (SSSR count). The van der Waals surface area contributed by atoms with E-state index in [1.807, 2.05) is 0 Å². The number of aliphatic carboxylic acids is 1. The number of hydrogen-bond acceptors (Lipinski definition) is 4. The number of nitrogens with one attached hydrogen (secondary N) is 1. The second kappa shape index (κ2) is 7.22. The maximum absolute atomic E-state index is 11.7. The molecule has 108 valence electrons. The van der Waals surface area contributed by atoms with Crippen LogP contribution in [0.15, 0.2) is 24.3 Å². The molecule has 0 spiro atoms. The minimum Gasteiger partial charge on any atom is -0.481 e. The Balaban J connectivity index is 2.55. The van der Waals surface area contributed by atoms with Gasteiger partial charge in [-0.2, -0.15) is 0 Å². The van der Waals surface area contributed by atoms with Gasteiger partial charge in [0.05, 0.1) is 11.3 Å². The molecular weight excluding hydrogens is 264 g/mol. The smallest absolute Gasteiger partial charge is 0.303 e. The average Bonchev–Trinajstić information content (AvgIpc) is 2.36. The van der Waals surface area contributed by atoms with Crippen molar-refractivity contribution in [3.8, 4) is 0 Å². The maximum atomic E-state index is 11.7. The zero-order valence-electron chi connectivity index (χ0n) is 11.0. The van der Waals surface area contributed by atoms with Crippen LogP contribution in [0.1, 0.15) is 18.9 Å². The molecule has 1 atom stereocenters. The van der Waals surface area contributed by atoms with Gasteiger partial charge in [0.1, 0.15) is 0 Å². The Morgan fingerprint density at radius 2 is 2.05 bits per heavy atom. The predicted octanol–water partition coefficient (Wildman–Crippen LogP) is 1.36. The molecule has 0 heterocycles. The third kappa shape index (κ3) is 5.05. The molecule has 0 aliphatic rings. The van der Waals surface area contributed by atoms with E-state index in [9.17, 15) is 19.7 Å². The first-order chi connectivity index (χ1) is 9.40. The second-order valence-electron chi connectivity index (χ2n) is 4.57. The van der Waals surface area contributed by atoms with E-state index in [0.717, 1.165) is 0 Å². The normalized spacial score (nSPS) is 11.7. The van der Waals surface area contributed by atoms with Crippen molar-refractivity contribution in [2.75, 3.05) is 6.54 Å². The molecule has 0 radical (unpaired) electrons. The molecule has 2 N–H and O–H groups in total. The third-order valence-corrected chi connectivity index (χ3v) is 2.71. The predicted molar refractivity (Wildman–Crippen MR) is 71.2 cm³/mol. The Morgan fingerprint density at radius 3 is 2.65 bits per heavy atom. The average molecular weight is 280 g/mol. The molecule has 0 aliphatic heterocycles. The zero-order chi connectivity index (χ0) is 15.1. The summed E-state index contributed by atoms with van der Waals surface area (Å²) in [5, 5.41) is 22.0. The van der Waals surface area contributed by atoms with E-state index < -0.39 is 10.9 Å². The van der Waals surface area contributed by atoms with Crippen LogP contribution in [0.3, 0.4) is 0 Å². The molecule has 1 aromatic carbocycles. The molecule has 0 saturated heterocycles. The summed E-state index contributed by atoms with van der Waals surface area (Å²) in [6, 6.07) is 6.03. The van der Waals surface area contributed by atoms with Crippen LogP contribution in [0.4, 0.5) is 5.69 Å². The number of carbonyl (C=O) groups excluding carboxylic acids is 1. The zero-order valence-corrected chi connectivity index (χ0v) is 11.0. The molecule has 1 unspecified atom stereocenters. The first-order valence-corrected chi connectivity index (χ1v) is 6.11. The van der Waals surface area contributed by atoms with Crippen LogP contribution in [0.2, 0.25) is 0 Å². The Morgan fingerprint density at radius 1 is 1.40 bits per heavy atom. The van der Waals surface area contributed by atoms with Gasteiger partial charge in [-0.05, 0) is 5.92 Å². The molecule has 0 bridgehead atoms. The van der Waals surface area contributed by atoms with Gasteiger partial charge in [0.15, 0.2) is 0 Å². The molecule has 1 amide bonds. The largest absolute Gasteiger partial charge is 0.481 e. The van der Waals surface area contributed by atoms with E-state index in [2.05, 4.69) is 5.32 Å². The van der Waals surface area contributed by atoms with Gasteiger partial charge in [-0.3, -0.25) is 19.7 Å². The van der Waals surface area contributed by atoms with E-state index in [1.54, 1.807) is 13.0 Å². The van der Waals surface area contributed by atoms with Crippen LogP contribution >= 0.6 is 0 Å². The van der Waals surface area contributed by atoms with E-state index in [4.69, 9.17) is 5.11 Å². The van der Waals surface area contributed by atoms with Crippen molar-refractivity contribution in [2.45, 2.75) is 19.8 Å². The fourth-order valence-electron chi connectivity index (χ4n) is 1.73. The van der Waals surface area contributed by atoms with Gasteiger partial charge in [0, 0.05) is 24.6 Å². The quantitative estimate of drug-likeness (QED) is 0.579. The van der Waals surface area contributed by atoms with Crippen LogP contribution < -0.4 is 5.32 Å². The Kier molecular flexibility index (Phi) is 5.64. The van der Waals surface area contributed by atoms with Crippen LogP contribution in [0.5, 0.6) is 0 Å². The number of nitro benzene ring substituents is 1. The SMILES string of the molecule is CC(CNC(=O)Cc1ccccc1[N+](=O)[O-])CC(=O)O. The van der Waals surface area contributed by atoms with Crippen LogP contribution in [-0.4, -0.2) is 28.5 Å². The molecule has 7 heteroatoms. The van der Waals surface area contributed by atoms with Crippen LogP contribution in [-0.2, 0) is 16.0 Å². The van der Waals surface area contributed by atoms with E-state index >= 15 is 0 Å². The highest BCUT2D eigenvalue weighted by molar-refractivity contribution is 5.79. The Hall–Kier alpha value is -2.44. The summed E-state index contributed by atoms with van der Waals surface area (Å²) >= 11 is 0. The van der Waals surface area contributed by atoms with E-state index in [0.29, 0.717) is 5.56 Å². The van der Waals surface area contributed by atoms with Gasteiger partial charge in [-0.25, -0.2) is 0 Å². The van der Waals surface area contributed by atoms with Gasteiger partial charge in [-0.15, -0.1) is 0 Å². The highest BCUT2D eigenvalue weighted by Gasteiger charge is 2.16. The lowest BCUT2D eigenvalue weighted by atomic mass is 10.1. The standard InChI is InChI=1S/C13H16N2O5/c1-9(6-13(17)18)8-14-12(16)7-10-4-2-3-5-11(10)15(19)20/h2-5,9H,6-8H2,1H3,(H,14,16)(H,17,18). The van der Waals surface area contributed by atoms with Crippen molar-refractivity contribution in [3.63, 3.8) is 0 Å². The van der Waals surface area contributed by atoms with Gasteiger partial charge >= 0.3 is 5.97 Å². The van der Waals surface area contributed by atoms with Crippen molar-refractivity contribution >= 4 is 17.6 Å². The monoisotopic (exact) mass is 280 g/mol. The van der Waals surface area contributed by atoms with Gasteiger partial charge in [-0.1, -0.05) is 25.1 Å². The van der Waals surface area contributed by atoms with Crippen molar-refractivity contribution in [1.29, 1.82) is 0 Å². The minimum atomic E-state index is -0.926. The van der Waals surface area contributed by atoms with Crippen molar-refractivity contribution in [3.05, 3.63) is 39.9 Å². The van der Waals surface area contributed by atoms with Crippen LogP contribution in [0.25, 0.3) is 0 Å². The van der Waals surface area contributed by atoms with E-state index in [1.165, 1.54) is 18.2 Å². The number of carboxylic acids is 1. The summed E-state index contributed by atoms with van der Waals surface area (Å²) in [5.41, 5.74) is 0.238. The number of nitrogens with zero attached hydrogens (tertiary/aromatic N) is 1. The number of nitro groups is 1. The summed E-state index contributed by atoms with van der Waals surface area (Å²) in [6.07, 6.45) is -0.136. The first kappa shape index (κ1) is 15.6. The van der Waals surface area contributed by atoms with Crippen molar-refractivity contribution in [1.82, 2.24) is 5.32 Å². The van der Waals surface area contributed by atoms with Gasteiger partial charge in [0.25, 0.3) is 5.69 Å². The molecule has 0 fully saturated rings. The highest BCUT2D eigenvalue weighted by atomic mass is 16.6. The molecule has 20 heavy (non-hydrogen) atoms. The Bertz CT molecular complexity index is 515. The fraction of sp³-hybridized carbons (Fsp3) is 0.385. The van der Waals surface area contributed by atoms with Crippen LogP contribution in [0, 0.1) is 16.0 Å². The first-order valence-electron chi connectivity index (χ1n) is 6.11. The second-order valence-corrected chi connectivity index (χ2v) is 4.57. The number of rotatable bonds is 7. The molecule has 7 nitrogen and oxygen atoms in total. The summed E-state index contributed by atoms with van der Waals surface area (Å²) in [4.78, 5) is 32.4. The molecule has 0 aromatic heterocycles. The van der Waals surface area contributed by atoms with E-state index in [-0.39, 0.29) is 36.9 Å². The lowest BCUT2D eigenvalue weighted by Crippen LogP contribution is -2.30. The molecule has 0 saturated carbocycles. The Labute approximate surface area is 115 Å². The number of carbonyl (C=O) groups is 2. The number of para-hydroxylation sites is 1. The fourth-order valence-corrected chi connectivity index (χ4v) is 1.73. The lowest BCUT2D eigenvalue weighted by molar-refractivity contribution is -0.385. The number of amides is 1. The van der Waals surface area contributed by atoms with Crippen molar-refractivity contribution in [2.24, 2.45) is 5.92 Å². The molecule has 0 aliphatic carbocycles. The number of carboxylic acid groups (broad SMARTS) is 1. The van der Waals surface area contributed by atoms with Gasteiger partial charge < -0.3 is 10.4 Å². The summed E-state index contributed by atoms with van der Waals surface area (Å²) in [6.45, 7) is 1.94. The number of hydrogen-bond donors (Lipinski definition) is 2. The number of benzene rings is 1. The summed E-state index contributed by atoms with van der Waals surface area (Å²) < 4.78 is 0. The summed E-state index contributed by atoms with van der Waals surface area (Å²) in [7, 11) is 0. The van der Waals surface area contributed by atoms with Gasteiger partial charge in [0.2, 0.25) is 5.91 Å². The molecule has 1 aromatic rings. The topological polar surface area (TPSA) is 110 Å². The summed E-state index contributed by atoms with van der Waals surface area (Å²) in [5.74, 6) is -1.48. The maximum Gasteiger partial charge on any atom is 0.303 e. The molecular formula is C13H16N2O5.